The number of phenols is 1. The summed E-state index contributed by atoms with van der Waals surface area (Å²) in [6, 6.07) is 10.8. The van der Waals surface area contributed by atoms with Crippen LogP contribution in [0.15, 0.2) is 142 Å². The number of morpholine rings is 1. The van der Waals surface area contributed by atoms with Crippen LogP contribution in [0.1, 0.15) is 122 Å². The minimum Gasteiger partial charge on any atom is -0.508 e. The van der Waals surface area contributed by atoms with Crippen molar-refractivity contribution >= 4 is 122 Å². The van der Waals surface area contributed by atoms with Crippen molar-refractivity contribution < 1.29 is 115 Å². The number of carbonyl (C=O) groups is 11. The number of nitrogens with two attached hydrogens (primary N) is 3. The van der Waals surface area contributed by atoms with Crippen LogP contribution < -0.4 is 96.8 Å². The number of aromatic amines is 4. The summed E-state index contributed by atoms with van der Waals surface area (Å²) < 4.78 is 75.1. The first-order valence-corrected chi connectivity index (χ1v) is 48.1. The van der Waals surface area contributed by atoms with Crippen LogP contribution >= 0.6 is 11.6 Å². The monoisotopic (exact) mass is 2110 g/mol. The molecule has 4 aliphatic heterocycles. The van der Waals surface area contributed by atoms with Gasteiger partial charge in [-0.1, -0.05) is 69.6 Å². The van der Waals surface area contributed by atoms with Gasteiger partial charge in [0.2, 0.25) is 71.1 Å². The van der Waals surface area contributed by atoms with Gasteiger partial charge in [0.05, 0.1) is 57.0 Å². The van der Waals surface area contributed by atoms with Crippen LogP contribution in [0.3, 0.4) is 0 Å². The molecule has 5 aromatic heterocycles. The number of methoxy groups -OCH3 is 1. The number of fused-ring (bicyclic) bond motifs is 2. The standard InChI is InChI=1S/C59H84N16O12.C22H24ClFN4O3.C9H11F2N3O4.C4H3FN2O2.C2H4O2/c1-6-63-57(86)48-14-10-22-75(48)58(87)41(13-9-21-64-59(60)61)68-51(80)42(23-32(2)3)69-52(81)43(24-33(4)5)70-53(82)44(25-34-15-17-37(77)18-16-34)71-56(85)47(30-76)74-54(83)45(26-35-28-65-39-12-8-7-11-38(35)39)72-55(84)46(27-36-29-62-31-66-36)73-50(79)40-19-20-49(78)67-40;1-29-20-13-19-16(12-21(20)31-8-2-5-28-6-9-30-10-7-28)22(26-14-25-19)27-15-3-4-18(24)17(23)11-15;10-9(11)6(16)4(3-15)18-7(9)14-2-1-5(12)13-8(14)17;5-2-1-6-4(9)7-3(2)8;1-2(3)4/h7-8,11-12,15-18,28-29,31-33,40-48,65,76-77H,6,9-10,13-14,19-27,30H2,1-5H3,(H,62,66)(H,63,86)(H,67,78)(H,68,80)(H,69,81)(H,70,82)(H,71,85)(H,72,84)(H,73,79)(H,74,83)(H4,60,61,64);3-4,11-14H,2,5-10H2,1H3,(H,25,26,27);1-2,4,6-7,15-16H,3H2,(H2,12,13,17);1H,(H2,6,7,8,9);1H3,(H,3,4)/t40-,41-,42-,43+,44-,45-,46-,47-,48-;;4-,6-,7-;;/m0.1../s1. The third-order valence-electron chi connectivity index (χ3n) is 23.4. The average molecular weight is 2110 g/mol. The number of aliphatic imine (C=N–C) groups is 1. The van der Waals surface area contributed by atoms with Crippen molar-refractivity contribution in [3.8, 4) is 17.2 Å². The average Bonchev–Trinajstić information content (AvgIpc) is 1.66. The second-order valence-electron chi connectivity index (χ2n) is 35.7. The summed E-state index contributed by atoms with van der Waals surface area (Å²) in [4.78, 5) is 214. The van der Waals surface area contributed by atoms with E-state index in [1.165, 1.54) is 60.1 Å². The van der Waals surface area contributed by atoms with Crippen molar-refractivity contribution in [2.24, 2.45) is 28.3 Å². The SMILES string of the molecule is CC(=O)O.CCNC(=O)[C@@H]1CCCN1C(=O)[C@H](CCCN=C(N)N)NC(=O)[C@H](CC(C)C)NC(=O)[C@@H](CC(C)C)NC(=O)[C@H](Cc1ccc(O)cc1)NC(=O)[C@H](CO)NC(=O)[C@H](Cc1c[nH]c2ccccc12)NC(=O)[C@H](Cc1cnc[nH]1)NC(=O)[C@@H]1CCC(=O)N1.COc1cc2ncnc(Nc3ccc(F)c(Cl)c3)c2cc1OCCCN1CCOCC1.Nc1ccn([C@@H]2O[C@H](CO)[C@@H](O)C2(F)F)c(=O)n1.O=c1[nH]cc(F)c(=O)[nH]1. The van der Waals surface area contributed by atoms with E-state index in [0.717, 1.165) is 69.4 Å². The van der Waals surface area contributed by atoms with Crippen LogP contribution in [0, 0.1) is 23.5 Å². The third kappa shape index (κ3) is 35.5. The molecule has 0 saturated carbocycles. The maximum atomic E-state index is 14.7. The fraction of sp³-hybridized carbons (Fsp3) is 0.469. The molecule has 9 aromatic rings. The van der Waals surface area contributed by atoms with E-state index in [0.29, 0.717) is 87.5 Å². The van der Waals surface area contributed by atoms with E-state index in [9.17, 15) is 95.2 Å². The number of ether oxygens (including phenoxy) is 4. The number of aliphatic hydroxyl groups is 3. The molecule has 53 heteroatoms. The molecular formula is C96H126ClF4N25O23. The number of anilines is 3. The Morgan fingerprint density at radius 1 is 0.711 bits per heavy atom. The molecule has 12 atom stereocenters. The van der Waals surface area contributed by atoms with Gasteiger partial charge in [-0.15, -0.1) is 0 Å². The molecule has 25 N–H and O–H groups in total. The van der Waals surface area contributed by atoms with Gasteiger partial charge >= 0.3 is 17.3 Å². The zero-order valence-electron chi connectivity index (χ0n) is 82.7. The quantitative estimate of drug-likeness (QED) is 0.0109. The number of hydrogen-bond donors (Lipinski definition) is 22. The topological polar surface area (TPSA) is 714 Å². The highest BCUT2D eigenvalue weighted by Crippen LogP contribution is 2.42. The van der Waals surface area contributed by atoms with E-state index in [1.807, 2.05) is 37.0 Å². The first kappa shape index (κ1) is 117. The highest BCUT2D eigenvalue weighted by Gasteiger charge is 2.59. The highest BCUT2D eigenvalue weighted by atomic mass is 35.5. The lowest BCUT2D eigenvalue weighted by Crippen LogP contribution is -2.61. The van der Waals surface area contributed by atoms with E-state index in [-0.39, 0.29) is 117 Å². The van der Waals surface area contributed by atoms with Gasteiger partial charge in [-0.3, -0.25) is 77.0 Å². The van der Waals surface area contributed by atoms with Gasteiger partial charge in [-0.05, 0) is 130 Å². The largest absolute Gasteiger partial charge is 0.508 e. The highest BCUT2D eigenvalue weighted by molar-refractivity contribution is 6.31. The maximum Gasteiger partial charge on any atom is 0.351 e. The summed E-state index contributed by atoms with van der Waals surface area (Å²) in [6.45, 7) is 14.1. The number of likely N-dealkylation sites (tertiary alicyclic amines) is 1. The molecule has 4 saturated heterocycles. The molecule has 0 bridgehead atoms. The van der Waals surface area contributed by atoms with Gasteiger partial charge in [-0.25, -0.2) is 28.9 Å². The Morgan fingerprint density at radius 3 is 1.93 bits per heavy atom. The molecule has 149 heavy (non-hydrogen) atoms. The predicted molar refractivity (Wildman–Crippen MR) is 534 cm³/mol. The van der Waals surface area contributed by atoms with Crippen LogP contribution in [0.4, 0.5) is 34.9 Å². The fourth-order valence-corrected chi connectivity index (χ4v) is 16.2. The molecule has 0 unspecified atom stereocenters. The number of likely N-dealkylation sites (N-methyl/N-ethyl adjacent to an activating group) is 1. The Balaban J connectivity index is 0.000000314. The van der Waals surface area contributed by atoms with Crippen molar-refractivity contribution in [2.45, 2.75) is 197 Å². The Bertz CT molecular complexity index is 6250. The molecule has 13 rings (SSSR count). The lowest BCUT2D eigenvalue weighted by atomic mass is 9.98. The minimum absolute atomic E-state index is 0.0364. The van der Waals surface area contributed by atoms with Crippen LogP contribution in [-0.4, -0.2) is 303 Å². The Labute approximate surface area is 855 Å². The van der Waals surface area contributed by atoms with Crippen LogP contribution in [-0.2, 0) is 81.5 Å². The van der Waals surface area contributed by atoms with Crippen molar-refractivity contribution in [1.29, 1.82) is 0 Å². The number of H-pyrrole nitrogens is 4. The number of imidazole rings is 1. The Kier molecular flexibility index (Phi) is 45.0. The van der Waals surface area contributed by atoms with Crippen molar-refractivity contribution in [1.82, 2.24) is 102 Å². The number of carbonyl (C=O) groups excluding carboxylic acids is 10. The Hall–Kier alpha value is -15.3. The van der Waals surface area contributed by atoms with Crippen LogP contribution in [0.2, 0.25) is 5.02 Å². The van der Waals surface area contributed by atoms with Crippen LogP contribution in [0.5, 0.6) is 17.2 Å². The molecule has 10 amide bonds. The second-order valence-corrected chi connectivity index (χ2v) is 36.1. The van der Waals surface area contributed by atoms with E-state index < -0.39 is 174 Å². The number of carboxylic acids is 1. The Morgan fingerprint density at radius 2 is 1.34 bits per heavy atom. The zero-order valence-corrected chi connectivity index (χ0v) is 83.4. The molecule has 48 nitrogen and oxygen atoms in total. The normalized spacial score (nSPS) is 17.5. The van der Waals surface area contributed by atoms with E-state index in [2.05, 4.69) is 93.0 Å². The number of rotatable bonds is 42. The summed E-state index contributed by atoms with van der Waals surface area (Å²) in [5.41, 5.74) is 17.1. The molecule has 808 valence electrons. The fourth-order valence-electron chi connectivity index (χ4n) is 16.1. The molecule has 4 aromatic carbocycles. The summed E-state index contributed by atoms with van der Waals surface area (Å²) in [7, 11) is 1.60. The number of para-hydroxylation sites is 1. The zero-order chi connectivity index (χ0) is 109. The van der Waals surface area contributed by atoms with Gasteiger partial charge in [0, 0.05) is 130 Å². The molecule has 0 spiro atoms. The number of hydrogen-bond acceptors (Lipinski definition) is 30. The number of carboxylic acid groups (broad SMARTS) is 1. The maximum absolute atomic E-state index is 14.7. The van der Waals surface area contributed by atoms with E-state index >= 15 is 0 Å². The first-order valence-electron chi connectivity index (χ1n) is 47.8. The van der Waals surface area contributed by atoms with Crippen molar-refractivity contribution in [3.63, 3.8) is 0 Å². The molecule has 4 aliphatic rings. The van der Waals surface area contributed by atoms with Crippen LogP contribution in [0.25, 0.3) is 21.8 Å². The van der Waals surface area contributed by atoms with Crippen molar-refractivity contribution in [3.05, 3.63) is 187 Å². The van der Waals surface area contributed by atoms with Gasteiger partial charge in [0.25, 0.3) is 11.5 Å². The number of nitrogens with zero attached hydrogens (tertiary/aromatic N) is 8. The predicted octanol–water partition coefficient (Wildman–Crippen LogP) is 0.842. The molecule has 0 aliphatic carbocycles. The van der Waals surface area contributed by atoms with E-state index in [4.69, 9.17) is 62.8 Å². The number of amides is 10. The lowest BCUT2D eigenvalue weighted by molar-refractivity contribution is -0.142. The number of aromatic hydroxyl groups is 1. The molecule has 4 fully saturated rings. The number of aromatic nitrogens is 9. The number of guanidine groups is 1. The van der Waals surface area contributed by atoms with Gasteiger partial charge in [-0.2, -0.15) is 18.2 Å². The number of aliphatic hydroxyl groups excluding tert-OH is 3. The number of nitrogen functional groups attached to an aromatic ring is 1. The lowest BCUT2D eigenvalue weighted by Gasteiger charge is -2.31. The number of nitrogens with one attached hydrogen (secondary N) is 14. The molecule has 9 heterocycles. The number of benzene rings is 4. The summed E-state index contributed by atoms with van der Waals surface area (Å²) in [5.74, 6) is -11.9. The summed E-state index contributed by atoms with van der Waals surface area (Å²) in [5, 5.41) is 75.4. The summed E-state index contributed by atoms with van der Waals surface area (Å²) >= 11 is 5.90. The van der Waals surface area contributed by atoms with Gasteiger partial charge in [0.1, 0.15) is 90.0 Å². The molecular weight excluding hydrogens is 1980 g/mol. The number of phenolic OH excluding ortho intramolecular Hbond substituents is 1. The van der Waals surface area contributed by atoms with Gasteiger partial charge < -0.3 is 135 Å². The molecule has 0 radical (unpaired) electrons. The van der Waals surface area contributed by atoms with E-state index in [1.54, 1.807) is 63.3 Å². The number of halogens is 5. The number of aliphatic carboxylic acids is 1. The first-order chi connectivity index (χ1) is 71.0. The summed E-state index contributed by atoms with van der Waals surface area (Å²) in [6.07, 6.45) is 4.18. The number of alkyl halides is 2. The van der Waals surface area contributed by atoms with Gasteiger partial charge in [0.15, 0.2) is 23.6 Å². The minimum atomic E-state index is -3.71. The smallest absolute Gasteiger partial charge is 0.351 e. The third-order valence-corrected chi connectivity index (χ3v) is 23.7. The van der Waals surface area contributed by atoms with Crippen molar-refractivity contribution in [2.75, 3.05) is 90.5 Å². The second kappa shape index (κ2) is 57.2.